The monoisotopic (exact) mass is 331 g/mol. The Labute approximate surface area is 118 Å². The van der Waals surface area contributed by atoms with Gasteiger partial charge in [-0.05, 0) is 35.0 Å². The Bertz CT molecular complexity index is 463. The van der Waals surface area contributed by atoms with Crippen LogP contribution < -0.4 is 10.1 Å². The minimum atomic E-state index is -1.49. The van der Waals surface area contributed by atoms with Crippen LogP contribution in [0.4, 0.5) is 5.69 Å². The molecule has 3 N–H and O–H groups in total. The Hall–Kier alpha value is -1.76. The fourth-order valence-corrected chi connectivity index (χ4v) is 1.74. The van der Waals surface area contributed by atoms with E-state index in [0.717, 1.165) is 4.47 Å². The van der Waals surface area contributed by atoms with Gasteiger partial charge >= 0.3 is 11.9 Å². The van der Waals surface area contributed by atoms with Gasteiger partial charge in [-0.25, -0.2) is 0 Å². The number of carboxylic acid groups (broad SMARTS) is 2. The standard InChI is InChI=1S/C12H14BrNO5/c1-2-19-10-5-7(3-4-9(10)13)14-6-8(11(15)16)12(17)18/h3-5,8,14H,2,6H2,1H3,(H,15,16)(H,17,18). The first-order chi connectivity index (χ1) is 8.95. The van der Waals surface area contributed by atoms with E-state index in [0.29, 0.717) is 18.0 Å². The third kappa shape index (κ3) is 4.44. The summed E-state index contributed by atoms with van der Waals surface area (Å²) in [5.74, 6) is -3.63. The van der Waals surface area contributed by atoms with E-state index >= 15 is 0 Å². The van der Waals surface area contributed by atoms with Gasteiger partial charge in [-0.2, -0.15) is 0 Å². The second kappa shape index (κ2) is 6.98. The molecule has 1 rings (SSSR count). The van der Waals surface area contributed by atoms with E-state index in [1.165, 1.54) is 0 Å². The Morgan fingerprint density at radius 3 is 2.53 bits per heavy atom. The second-order valence-corrected chi connectivity index (χ2v) is 4.54. The van der Waals surface area contributed by atoms with Gasteiger partial charge in [-0.3, -0.25) is 9.59 Å². The highest BCUT2D eigenvalue weighted by atomic mass is 79.9. The van der Waals surface area contributed by atoms with Crippen LogP contribution in [0.15, 0.2) is 22.7 Å². The maximum absolute atomic E-state index is 10.7. The molecular formula is C12H14BrNO5. The fraction of sp³-hybridized carbons (Fsp3) is 0.333. The first-order valence-electron chi connectivity index (χ1n) is 5.57. The van der Waals surface area contributed by atoms with Crippen molar-refractivity contribution in [2.24, 2.45) is 5.92 Å². The first kappa shape index (κ1) is 15.3. The van der Waals surface area contributed by atoms with Crippen LogP contribution in [0.1, 0.15) is 6.92 Å². The molecule has 0 saturated carbocycles. The number of rotatable bonds is 7. The van der Waals surface area contributed by atoms with Crippen molar-refractivity contribution in [3.05, 3.63) is 22.7 Å². The number of carboxylic acids is 2. The molecule has 0 aromatic heterocycles. The average molecular weight is 332 g/mol. The molecule has 104 valence electrons. The van der Waals surface area contributed by atoms with Crippen LogP contribution in [-0.4, -0.2) is 35.3 Å². The number of carbonyl (C=O) groups is 2. The Morgan fingerprint density at radius 2 is 2.00 bits per heavy atom. The summed E-state index contributed by atoms with van der Waals surface area (Å²) in [5, 5.41) is 20.3. The van der Waals surface area contributed by atoms with Crippen LogP contribution in [-0.2, 0) is 9.59 Å². The third-order valence-corrected chi connectivity index (χ3v) is 2.99. The largest absolute Gasteiger partial charge is 0.493 e. The predicted octanol–water partition coefficient (Wildman–Crippen LogP) is 2.05. The summed E-state index contributed by atoms with van der Waals surface area (Å²) in [7, 11) is 0. The van der Waals surface area contributed by atoms with Crippen molar-refractivity contribution in [2.75, 3.05) is 18.5 Å². The highest BCUT2D eigenvalue weighted by molar-refractivity contribution is 9.10. The van der Waals surface area contributed by atoms with Crippen LogP contribution in [0, 0.1) is 5.92 Å². The van der Waals surface area contributed by atoms with Gasteiger partial charge in [-0.15, -0.1) is 0 Å². The smallest absolute Gasteiger partial charge is 0.319 e. The summed E-state index contributed by atoms with van der Waals surface area (Å²) < 4.78 is 6.13. The van der Waals surface area contributed by atoms with Crippen molar-refractivity contribution >= 4 is 33.6 Å². The first-order valence-corrected chi connectivity index (χ1v) is 6.36. The van der Waals surface area contributed by atoms with Crippen molar-refractivity contribution < 1.29 is 24.5 Å². The lowest BCUT2D eigenvalue weighted by Crippen LogP contribution is -2.30. The maximum atomic E-state index is 10.7. The van der Waals surface area contributed by atoms with Gasteiger partial charge in [0, 0.05) is 18.3 Å². The molecule has 19 heavy (non-hydrogen) atoms. The maximum Gasteiger partial charge on any atom is 0.319 e. The minimum absolute atomic E-state index is 0.197. The number of benzene rings is 1. The number of halogens is 1. The van der Waals surface area contributed by atoms with E-state index in [1.54, 1.807) is 18.2 Å². The third-order valence-electron chi connectivity index (χ3n) is 2.34. The second-order valence-electron chi connectivity index (χ2n) is 3.69. The number of hydrogen-bond donors (Lipinski definition) is 3. The molecule has 0 aliphatic heterocycles. The van der Waals surface area contributed by atoms with Crippen molar-refractivity contribution in [3.63, 3.8) is 0 Å². The minimum Gasteiger partial charge on any atom is -0.493 e. The van der Waals surface area contributed by atoms with Crippen molar-refractivity contribution in [2.45, 2.75) is 6.92 Å². The molecule has 0 aliphatic rings. The van der Waals surface area contributed by atoms with Crippen molar-refractivity contribution in [1.29, 1.82) is 0 Å². The Kier molecular flexibility index (Phi) is 5.62. The van der Waals surface area contributed by atoms with E-state index in [-0.39, 0.29) is 6.54 Å². The molecule has 0 unspecified atom stereocenters. The highest BCUT2D eigenvalue weighted by Crippen LogP contribution is 2.28. The molecule has 0 aliphatic carbocycles. The van der Waals surface area contributed by atoms with Gasteiger partial charge in [0.05, 0.1) is 11.1 Å². The molecule has 0 heterocycles. The van der Waals surface area contributed by atoms with Gasteiger partial charge in [-0.1, -0.05) is 0 Å². The molecule has 0 saturated heterocycles. The van der Waals surface area contributed by atoms with Crippen molar-refractivity contribution in [3.8, 4) is 5.75 Å². The molecule has 0 spiro atoms. The molecule has 1 aromatic rings. The fourth-order valence-electron chi connectivity index (χ4n) is 1.38. The lowest BCUT2D eigenvalue weighted by atomic mass is 10.1. The average Bonchev–Trinajstić information content (AvgIpc) is 2.32. The molecule has 7 heteroatoms. The van der Waals surface area contributed by atoms with Gasteiger partial charge in [0.2, 0.25) is 0 Å². The van der Waals surface area contributed by atoms with Crippen LogP contribution in [0.25, 0.3) is 0 Å². The molecule has 0 radical (unpaired) electrons. The summed E-state index contributed by atoms with van der Waals surface area (Å²) >= 11 is 3.32. The molecule has 1 aromatic carbocycles. The van der Waals surface area contributed by atoms with E-state index in [4.69, 9.17) is 14.9 Å². The lowest BCUT2D eigenvalue weighted by molar-refractivity contribution is -0.153. The number of anilines is 1. The summed E-state index contributed by atoms with van der Waals surface area (Å²) in [6, 6.07) is 5.12. The molecule has 0 amide bonds. The van der Waals surface area contributed by atoms with Crippen LogP contribution in [0.3, 0.4) is 0 Å². The van der Waals surface area contributed by atoms with E-state index < -0.39 is 17.9 Å². The van der Waals surface area contributed by atoms with Gasteiger partial charge in [0.1, 0.15) is 5.75 Å². The van der Waals surface area contributed by atoms with Gasteiger partial charge in [0.25, 0.3) is 0 Å². The summed E-state index contributed by atoms with van der Waals surface area (Å²) in [4.78, 5) is 21.5. The van der Waals surface area contributed by atoms with Gasteiger partial charge in [0.15, 0.2) is 5.92 Å². The summed E-state index contributed by atoms with van der Waals surface area (Å²) in [6.45, 7) is 2.14. The number of hydrogen-bond acceptors (Lipinski definition) is 4. The molecule has 0 atom stereocenters. The molecular weight excluding hydrogens is 318 g/mol. The molecule has 6 nitrogen and oxygen atoms in total. The van der Waals surface area contributed by atoms with Gasteiger partial charge < -0.3 is 20.3 Å². The number of ether oxygens (including phenoxy) is 1. The molecule has 0 bridgehead atoms. The zero-order valence-electron chi connectivity index (χ0n) is 10.2. The van der Waals surface area contributed by atoms with E-state index in [1.807, 2.05) is 6.92 Å². The Morgan fingerprint density at radius 1 is 1.37 bits per heavy atom. The normalized spacial score (nSPS) is 10.3. The molecule has 0 fully saturated rings. The zero-order chi connectivity index (χ0) is 14.4. The van der Waals surface area contributed by atoms with Crippen LogP contribution in [0.2, 0.25) is 0 Å². The highest BCUT2D eigenvalue weighted by Gasteiger charge is 2.25. The predicted molar refractivity (Wildman–Crippen MR) is 72.6 cm³/mol. The van der Waals surface area contributed by atoms with E-state index in [9.17, 15) is 9.59 Å². The lowest BCUT2D eigenvalue weighted by Gasteiger charge is -2.12. The quantitative estimate of drug-likeness (QED) is 0.662. The zero-order valence-corrected chi connectivity index (χ0v) is 11.8. The van der Waals surface area contributed by atoms with Crippen LogP contribution in [0.5, 0.6) is 5.75 Å². The number of nitrogens with one attached hydrogen (secondary N) is 1. The Balaban J connectivity index is 2.74. The number of aliphatic carboxylic acids is 2. The van der Waals surface area contributed by atoms with Crippen LogP contribution >= 0.6 is 15.9 Å². The summed E-state index contributed by atoms with van der Waals surface area (Å²) in [6.07, 6.45) is 0. The summed E-state index contributed by atoms with van der Waals surface area (Å²) in [5.41, 5.74) is 0.596. The van der Waals surface area contributed by atoms with Crippen molar-refractivity contribution in [1.82, 2.24) is 0 Å². The topological polar surface area (TPSA) is 95.9 Å². The van der Waals surface area contributed by atoms with E-state index in [2.05, 4.69) is 21.2 Å². The SMILES string of the molecule is CCOc1cc(NCC(C(=O)O)C(=O)O)ccc1Br.